The fraction of sp³-hybridized carbons (Fsp3) is 0.958. The van der Waals surface area contributed by atoms with E-state index >= 15 is 0 Å². The van der Waals surface area contributed by atoms with E-state index in [2.05, 4.69) is 35.0 Å². The van der Waals surface area contributed by atoms with Crippen molar-refractivity contribution in [1.82, 2.24) is 0 Å². The molecule has 1 unspecified atom stereocenters. The van der Waals surface area contributed by atoms with Gasteiger partial charge in [0.2, 0.25) is 0 Å². The molecule has 0 rings (SSSR count). The number of quaternary nitrogens is 1. The summed E-state index contributed by atoms with van der Waals surface area (Å²) in [6.07, 6.45) is 21.5. The van der Waals surface area contributed by atoms with Gasteiger partial charge in [-0.3, -0.25) is 4.79 Å². The lowest BCUT2D eigenvalue weighted by Crippen LogP contribution is -2.40. The van der Waals surface area contributed by atoms with Crippen LogP contribution in [0.25, 0.3) is 0 Å². The quantitative estimate of drug-likeness (QED) is 0.175. The highest BCUT2D eigenvalue weighted by molar-refractivity contribution is 5.80. The zero-order valence-electron chi connectivity index (χ0n) is 19.0. The van der Waals surface area contributed by atoms with Gasteiger partial charge in [0, 0.05) is 6.42 Å². The standard InChI is InChI=1S/C24H50NO/c1-6-7-8-9-10-11-12-13-14-15-16-17-18-19-20-21-24(26)23(2)22-25(3,4)5/h23H,6-22H2,1-5H3/q+1. The molecule has 0 spiro atoms. The average molecular weight is 369 g/mol. The van der Waals surface area contributed by atoms with Crippen molar-refractivity contribution in [3.8, 4) is 0 Å². The van der Waals surface area contributed by atoms with Crippen molar-refractivity contribution in [3.05, 3.63) is 0 Å². The molecule has 156 valence electrons. The molecule has 0 N–H and O–H groups in total. The molecule has 0 aromatic rings. The molecular weight excluding hydrogens is 318 g/mol. The number of carbonyl (C=O) groups excluding carboxylic acids is 1. The third kappa shape index (κ3) is 18.4. The third-order valence-electron chi connectivity index (χ3n) is 5.40. The molecule has 0 saturated carbocycles. The minimum Gasteiger partial charge on any atom is -0.330 e. The molecule has 0 aliphatic rings. The summed E-state index contributed by atoms with van der Waals surface area (Å²) < 4.78 is 0.881. The summed E-state index contributed by atoms with van der Waals surface area (Å²) in [4.78, 5) is 12.1. The van der Waals surface area contributed by atoms with Crippen LogP contribution in [0.1, 0.15) is 117 Å². The van der Waals surface area contributed by atoms with E-state index in [1.165, 1.54) is 89.9 Å². The highest BCUT2D eigenvalue weighted by Crippen LogP contribution is 2.15. The normalized spacial score (nSPS) is 13.1. The molecule has 0 aromatic heterocycles. The minimum atomic E-state index is 0.210. The molecular formula is C24H50NO+. The fourth-order valence-corrected chi connectivity index (χ4v) is 3.84. The van der Waals surface area contributed by atoms with Gasteiger partial charge >= 0.3 is 0 Å². The first-order chi connectivity index (χ1) is 12.4. The predicted octanol–water partition coefficient (Wildman–Crippen LogP) is 7.16. The monoisotopic (exact) mass is 368 g/mol. The molecule has 2 heteroatoms. The van der Waals surface area contributed by atoms with Crippen LogP contribution in [0.2, 0.25) is 0 Å². The summed E-state index contributed by atoms with van der Waals surface area (Å²) in [5.74, 6) is 0.675. The fourth-order valence-electron chi connectivity index (χ4n) is 3.84. The lowest BCUT2D eigenvalue weighted by Gasteiger charge is -2.26. The van der Waals surface area contributed by atoms with E-state index in [0.29, 0.717) is 5.78 Å². The van der Waals surface area contributed by atoms with Crippen LogP contribution < -0.4 is 0 Å². The maximum absolute atomic E-state index is 12.1. The smallest absolute Gasteiger partial charge is 0.141 e. The molecule has 0 amide bonds. The Bertz CT molecular complexity index is 319. The number of carbonyl (C=O) groups is 1. The molecule has 0 radical (unpaired) electrons. The SMILES string of the molecule is CCCCCCCCCCCCCCCCCC(=O)C(C)C[N+](C)(C)C. The third-order valence-corrected chi connectivity index (χ3v) is 5.40. The Morgan fingerprint density at radius 3 is 1.35 bits per heavy atom. The van der Waals surface area contributed by atoms with E-state index in [1.54, 1.807) is 0 Å². The summed E-state index contributed by atoms with van der Waals surface area (Å²) in [5.41, 5.74) is 0. The summed E-state index contributed by atoms with van der Waals surface area (Å²) in [6.45, 7) is 5.34. The second kappa shape index (κ2) is 16.8. The number of ketones is 1. The Balaban J connectivity index is 3.28. The van der Waals surface area contributed by atoms with Gasteiger partial charge in [-0.2, -0.15) is 0 Å². The van der Waals surface area contributed by atoms with Gasteiger partial charge in [0.1, 0.15) is 5.78 Å². The van der Waals surface area contributed by atoms with Crippen LogP contribution in [-0.4, -0.2) is 38.0 Å². The van der Waals surface area contributed by atoms with Crippen LogP contribution >= 0.6 is 0 Å². The molecule has 0 fully saturated rings. The molecule has 0 aliphatic carbocycles. The summed E-state index contributed by atoms with van der Waals surface area (Å²) in [6, 6.07) is 0. The lowest BCUT2D eigenvalue weighted by atomic mass is 9.99. The summed E-state index contributed by atoms with van der Waals surface area (Å²) in [7, 11) is 6.49. The van der Waals surface area contributed by atoms with E-state index in [0.717, 1.165) is 23.9 Å². The Hall–Kier alpha value is -0.370. The average Bonchev–Trinajstić information content (AvgIpc) is 2.56. The Morgan fingerprint density at radius 1 is 0.654 bits per heavy atom. The Labute approximate surface area is 165 Å². The van der Waals surface area contributed by atoms with E-state index in [4.69, 9.17) is 0 Å². The van der Waals surface area contributed by atoms with Crippen molar-refractivity contribution < 1.29 is 9.28 Å². The van der Waals surface area contributed by atoms with Gasteiger partial charge in [-0.25, -0.2) is 0 Å². The number of hydrogen-bond donors (Lipinski definition) is 0. The Kier molecular flexibility index (Phi) is 16.5. The molecule has 26 heavy (non-hydrogen) atoms. The van der Waals surface area contributed by atoms with Crippen molar-refractivity contribution >= 4 is 5.78 Å². The predicted molar refractivity (Wildman–Crippen MR) is 117 cm³/mol. The Morgan fingerprint density at radius 2 is 1.00 bits per heavy atom. The van der Waals surface area contributed by atoms with Gasteiger partial charge in [0.25, 0.3) is 0 Å². The number of nitrogens with zero attached hydrogens (tertiary/aromatic N) is 1. The van der Waals surface area contributed by atoms with Crippen molar-refractivity contribution in [2.24, 2.45) is 5.92 Å². The van der Waals surface area contributed by atoms with Gasteiger partial charge in [-0.05, 0) is 6.42 Å². The van der Waals surface area contributed by atoms with Crippen molar-refractivity contribution in [2.45, 2.75) is 117 Å². The second-order valence-electron chi connectivity index (χ2n) is 9.54. The van der Waals surface area contributed by atoms with Crippen molar-refractivity contribution in [2.75, 3.05) is 27.7 Å². The first-order valence-electron chi connectivity index (χ1n) is 11.7. The van der Waals surface area contributed by atoms with Crippen LogP contribution in [-0.2, 0) is 4.79 Å². The molecule has 0 saturated heterocycles. The van der Waals surface area contributed by atoms with E-state index < -0.39 is 0 Å². The summed E-state index contributed by atoms with van der Waals surface area (Å²) in [5, 5.41) is 0. The maximum Gasteiger partial charge on any atom is 0.141 e. The van der Waals surface area contributed by atoms with E-state index in [-0.39, 0.29) is 5.92 Å². The maximum atomic E-state index is 12.1. The van der Waals surface area contributed by atoms with Crippen LogP contribution in [0.3, 0.4) is 0 Å². The molecule has 0 bridgehead atoms. The number of unbranched alkanes of at least 4 members (excludes halogenated alkanes) is 14. The van der Waals surface area contributed by atoms with Gasteiger partial charge in [0.15, 0.2) is 0 Å². The van der Waals surface area contributed by atoms with Crippen LogP contribution in [0, 0.1) is 5.92 Å². The molecule has 0 aliphatic heterocycles. The van der Waals surface area contributed by atoms with Crippen LogP contribution in [0.15, 0.2) is 0 Å². The van der Waals surface area contributed by atoms with E-state index in [1.807, 2.05) is 0 Å². The largest absolute Gasteiger partial charge is 0.330 e. The molecule has 2 nitrogen and oxygen atoms in total. The molecule has 0 aromatic carbocycles. The van der Waals surface area contributed by atoms with Crippen LogP contribution in [0.5, 0.6) is 0 Å². The second-order valence-corrected chi connectivity index (χ2v) is 9.54. The zero-order valence-corrected chi connectivity index (χ0v) is 19.0. The highest BCUT2D eigenvalue weighted by atomic mass is 16.1. The minimum absolute atomic E-state index is 0.210. The highest BCUT2D eigenvalue weighted by Gasteiger charge is 2.19. The topological polar surface area (TPSA) is 17.1 Å². The first-order valence-corrected chi connectivity index (χ1v) is 11.7. The van der Waals surface area contributed by atoms with Crippen LogP contribution in [0.4, 0.5) is 0 Å². The lowest BCUT2D eigenvalue weighted by molar-refractivity contribution is -0.872. The number of Topliss-reactive ketones (excluding diaryl/α,β-unsaturated/α-hetero) is 1. The van der Waals surface area contributed by atoms with E-state index in [9.17, 15) is 4.79 Å². The summed E-state index contributed by atoms with van der Waals surface area (Å²) >= 11 is 0. The zero-order chi connectivity index (χ0) is 19.7. The van der Waals surface area contributed by atoms with Gasteiger partial charge in [0.05, 0.1) is 33.6 Å². The van der Waals surface area contributed by atoms with Gasteiger partial charge < -0.3 is 4.48 Å². The first kappa shape index (κ1) is 25.6. The number of hydrogen-bond acceptors (Lipinski definition) is 1. The molecule has 0 heterocycles. The van der Waals surface area contributed by atoms with Gasteiger partial charge in [-0.15, -0.1) is 0 Å². The van der Waals surface area contributed by atoms with Crippen molar-refractivity contribution in [1.29, 1.82) is 0 Å². The van der Waals surface area contributed by atoms with Crippen molar-refractivity contribution in [3.63, 3.8) is 0 Å². The van der Waals surface area contributed by atoms with Gasteiger partial charge in [-0.1, -0.05) is 104 Å². The number of rotatable bonds is 19. The molecule has 1 atom stereocenters.